The molecule has 0 fully saturated rings. The number of amides is 2. The molecule has 0 spiro atoms. The number of carbonyl (C=O) groups is 1. The van der Waals surface area contributed by atoms with Gasteiger partial charge in [0.25, 0.3) is 0 Å². The van der Waals surface area contributed by atoms with Gasteiger partial charge in [0.1, 0.15) is 17.5 Å². The van der Waals surface area contributed by atoms with E-state index in [-0.39, 0.29) is 6.03 Å². The van der Waals surface area contributed by atoms with E-state index >= 15 is 0 Å². The van der Waals surface area contributed by atoms with Gasteiger partial charge in [-0.3, -0.25) is 0 Å². The molecule has 0 aromatic heterocycles. The Morgan fingerprint density at radius 2 is 2.14 bits per heavy atom. The fraction of sp³-hybridized carbons (Fsp3) is 0.467. The largest absolute Gasteiger partial charge is 0.485 e. The summed E-state index contributed by atoms with van der Waals surface area (Å²) in [6.07, 6.45) is -0.944. The number of aliphatic hydroxyl groups excluding tert-OH is 1. The number of benzene rings is 1. The van der Waals surface area contributed by atoms with Crippen molar-refractivity contribution in [1.82, 2.24) is 10.2 Å². The predicted molar refractivity (Wildman–Crippen MR) is 76.8 cm³/mol. The maximum absolute atomic E-state index is 11.9. The average molecular weight is 289 g/mol. The molecule has 2 atom stereocenters. The Kier molecular flexibility index (Phi) is 3.79. The van der Waals surface area contributed by atoms with Gasteiger partial charge >= 0.3 is 6.03 Å². The van der Waals surface area contributed by atoms with E-state index in [1.165, 1.54) is 4.90 Å². The van der Waals surface area contributed by atoms with Gasteiger partial charge in [-0.05, 0) is 32.0 Å². The van der Waals surface area contributed by atoms with Gasteiger partial charge in [0.15, 0.2) is 0 Å². The van der Waals surface area contributed by atoms with E-state index in [4.69, 9.17) is 10.00 Å². The van der Waals surface area contributed by atoms with Gasteiger partial charge in [-0.25, -0.2) is 4.79 Å². The lowest BCUT2D eigenvalue weighted by atomic mass is 9.85. The Balaban J connectivity index is 2.39. The molecule has 1 aliphatic rings. The van der Waals surface area contributed by atoms with E-state index < -0.39 is 17.7 Å². The van der Waals surface area contributed by atoms with Crippen LogP contribution in [0.5, 0.6) is 5.75 Å². The topological polar surface area (TPSA) is 85.6 Å². The number of nitrogens with zero attached hydrogens (tertiary/aromatic N) is 2. The smallest absolute Gasteiger partial charge is 0.317 e. The summed E-state index contributed by atoms with van der Waals surface area (Å²) in [5.74, 6) is 0.529. The molecule has 0 aliphatic carbocycles. The van der Waals surface area contributed by atoms with Crippen molar-refractivity contribution in [3.8, 4) is 11.8 Å². The van der Waals surface area contributed by atoms with Crippen molar-refractivity contribution in [1.29, 1.82) is 5.26 Å². The lowest BCUT2D eigenvalue weighted by molar-refractivity contribution is -0.0240. The molecule has 0 unspecified atom stereocenters. The zero-order chi connectivity index (χ0) is 15.8. The standard InChI is InChI=1S/C15H19N3O3/c1-15(2)13(17-14(20)18(3)4)12(19)10-7-9(8-16)5-6-11(10)21-15/h5-7,12-13,19H,1-4H3,(H,17,20)/t12-,13+/m1/s1. The van der Waals surface area contributed by atoms with Crippen molar-refractivity contribution in [2.45, 2.75) is 31.6 Å². The number of rotatable bonds is 1. The molecule has 2 amide bonds. The summed E-state index contributed by atoms with van der Waals surface area (Å²) >= 11 is 0. The number of hydrogen-bond acceptors (Lipinski definition) is 4. The first-order valence-corrected chi connectivity index (χ1v) is 6.65. The van der Waals surface area contributed by atoms with E-state index in [0.29, 0.717) is 16.9 Å². The van der Waals surface area contributed by atoms with Crippen LogP contribution in [0.4, 0.5) is 4.79 Å². The van der Waals surface area contributed by atoms with Crippen LogP contribution < -0.4 is 10.1 Å². The molecule has 2 rings (SSSR count). The second-order valence-corrected chi connectivity index (χ2v) is 5.84. The lowest BCUT2D eigenvalue weighted by Crippen LogP contribution is -2.59. The number of nitrogens with one attached hydrogen (secondary N) is 1. The average Bonchev–Trinajstić information content (AvgIpc) is 2.42. The number of ether oxygens (including phenoxy) is 1. The molecule has 0 radical (unpaired) electrons. The maximum atomic E-state index is 11.9. The molecule has 0 saturated carbocycles. The first kappa shape index (κ1) is 15.1. The Hall–Kier alpha value is -2.26. The van der Waals surface area contributed by atoms with Gasteiger partial charge in [0.05, 0.1) is 17.7 Å². The van der Waals surface area contributed by atoms with Crippen LogP contribution in [0, 0.1) is 11.3 Å². The van der Waals surface area contributed by atoms with Crippen LogP contribution in [0.15, 0.2) is 18.2 Å². The molecule has 1 aliphatic heterocycles. The zero-order valence-corrected chi connectivity index (χ0v) is 12.5. The summed E-state index contributed by atoms with van der Waals surface area (Å²) < 4.78 is 5.88. The van der Waals surface area contributed by atoms with Gasteiger partial charge in [0.2, 0.25) is 0 Å². The van der Waals surface area contributed by atoms with Gasteiger partial charge in [-0.15, -0.1) is 0 Å². The molecule has 1 aromatic carbocycles. The SMILES string of the molecule is CN(C)C(=O)N[C@H]1[C@H](O)c2cc(C#N)ccc2OC1(C)C. The molecule has 0 saturated heterocycles. The molecule has 112 valence electrons. The summed E-state index contributed by atoms with van der Waals surface area (Å²) in [6, 6.07) is 6.00. The van der Waals surface area contributed by atoms with E-state index in [1.807, 2.05) is 6.07 Å². The van der Waals surface area contributed by atoms with Gasteiger partial charge in [-0.1, -0.05) is 0 Å². The Labute approximate surface area is 123 Å². The third-order valence-corrected chi connectivity index (χ3v) is 3.58. The molecular weight excluding hydrogens is 270 g/mol. The Morgan fingerprint density at radius 3 is 2.71 bits per heavy atom. The van der Waals surface area contributed by atoms with Gasteiger partial charge in [0, 0.05) is 19.7 Å². The number of carbonyl (C=O) groups excluding carboxylic acids is 1. The van der Waals surface area contributed by atoms with Crippen molar-refractivity contribution < 1.29 is 14.6 Å². The van der Waals surface area contributed by atoms with E-state index in [0.717, 1.165) is 0 Å². The lowest BCUT2D eigenvalue weighted by Gasteiger charge is -2.43. The number of nitriles is 1. The molecule has 21 heavy (non-hydrogen) atoms. The molecule has 0 bridgehead atoms. The Bertz CT molecular complexity index is 605. The van der Waals surface area contributed by atoms with E-state index in [2.05, 4.69) is 5.32 Å². The minimum Gasteiger partial charge on any atom is -0.485 e. The number of fused-ring (bicyclic) bond motifs is 1. The fourth-order valence-corrected chi connectivity index (χ4v) is 2.36. The third-order valence-electron chi connectivity index (χ3n) is 3.58. The monoisotopic (exact) mass is 289 g/mol. The summed E-state index contributed by atoms with van der Waals surface area (Å²) in [4.78, 5) is 13.3. The van der Waals surface area contributed by atoms with Gasteiger partial charge < -0.3 is 20.1 Å². The van der Waals surface area contributed by atoms with Gasteiger partial charge in [-0.2, -0.15) is 5.26 Å². The second kappa shape index (κ2) is 5.26. The molecule has 1 aromatic rings. The maximum Gasteiger partial charge on any atom is 0.317 e. The molecule has 6 nitrogen and oxygen atoms in total. The van der Waals surface area contributed by atoms with Crippen molar-refractivity contribution in [3.05, 3.63) is 29.3 Å². The highest BCUT2D eigenvalue weighted by Gasteiger charge is 2.44. The van der Waals surface area contributed by atoms with E-state index in [9.17, 15) is 9.90 Å². The van der Waals surface area contributed by atoms with Crippen LogP contribution in [0.25, 0.3) is 0 Å². The van der Waals surface area contributed by atoms with Crippen LogP contribution in [0.2, 0.25) is 0 Å². The number of aliphatic hydroxyl groups is 1. The molecule has 6 heteroatoms. The highest BCUT2D eigenvalue weighted by molar-refractivity contribution is 5.74. The van der Waals surface area contributed by atoms with Crippen molar-refractivity contribution >= 4 is 6.03 Å². The Morgan fingerprint density at radius 1 is 1.48 bits per heavy atom. The summed E-state index contributed by atoms with van der Waals surface area (Å²) in [7, 11) is 3.25. The normalized spacial score (nSPS) is 22.5. The van der Waals surface area contributed by atoms with Crippen LogP contribution in [0.3, 0.4) is 0 Å². The first-order valence-electron chi connectivity index (χ1n) is 6.65. The second-order valence-electron chi connectivity index (χ2n) is 5.84. The van der Waals surface area contributed by atoms with Crippen LogP contribution >= 0.6 is 0 Å². The number of urea groups is 1. The first-order chi connectivity index (χ1) is 9.76. The van der Waals surface area contributed by atoms with Crippen molar-refractivity contribution in [2.75, 3.05) is 14.1 Å². The minimum atomic E-state index is -0.944. The van der Waals surface area contributed by atoms with Crippen LogP contribution in [0.1, 0.15) is 31.1 Å². The highest BCUT2D eigenvalue weighted by Crippen LogP contribution is 2.40. The quantitative estimate of drug-likeness (QED) is 0.818. The minimum absolute atomic E-state index is 0.310. The molecule has 1 heterocycles. The molecule has 2 N–H and O–H groups in total. The predicted octanol–water partition coefficient (Wildman–Crippen LogP) is 1.40. The van der Waals surface area contributed by atoms with Crippen LogP contribution in [-0.4, -0.2) is 41.8 Å². The number of hydrogen-bond donors (Lipinski definition) is 2. The zero-order valence-electron chi connectivity index (χ0n) is 12.5. The van der Waals surface area contributed by atoms with E-state index in [1.54, 1.807) is 46.1 Å². The summed E-state index contributed by atoms with van der Waals surface area (Å²) in [5.41, 5.74) is 0.179. The third kappa shape index (κ3) is 2.78. The molecular formula is C15H19N3O3. The summed E-state index contributed by atoms with van der Waals surface area (Å²) in [6.45, 7) is 3.61. The van der Waals surface area contributed by atoms with Crippen LogP contribution in [-0.2, 0) is 0 Å². The van der Waals surface area contributed by atoms with Crippen molar-refractivity contribution in [2.24, 2.45) is 0 Å². The fourth-order valence-electron chi connectivity index (χ4n) is 2.36. The summed E-state index contributed by atoms with van der Waals surface area (Å²) in [5, 5.41) is 22.3. The van der Waals surface area contributed by atoms with Crippen molar-refractivity contribution in [3.63, 3.8) is 0 Å². The highest BCUT2D eigenvalue weighted by atomic mass is 16.5.